The molecule has 17 heavy (non-hydrogen) atoms. The molecule has 0 fully saturated rings. The Bertz CT molecular complexity index is 261. The van der Waals surface area contributed by atoms with Crippen molar-refractivity contribution in [3.63, 3.8) is 0 Å². The highest BCUT2D eigenvalue weighted by atomic mass is 17.2. The van der Waals surface area contributed by atoms with Crippen molar-refractivity contribution in [1.29, 1.82) is 0 Å². The summed E-state index contributed by atoms with van der Waals surface area (Å²) in [6.45, 7) is 2.62. The third kappa shape index (κ3) is 10.7. The first kappa shape index (κ1) is 15.4. The van der Waals surface area contributed by atoms with Crippen LogP contribution in [0.3, 0.4) is 0 Å². The molecule has 0 aliphatic rings. The van der Waals surface area contributed by atoms with E-state index in [1.807, 2.05) is 30.3 Å². The zero-order valence-corrected chi connectivity index (χ0v) is 10.2. The summed E-state index contributed by atoms with van der Waals surface area (Å²) >= 11 is 0. The zero-order valence-electron chi connectivity index (χ0n) is 10.2. The summed E-state index contributed by atoms with van der Waals surface area (Å²) in [6, 6.07) is 9.57. The summed E-state index contributed by atoms with van der Waals surface area (Å²) < 4.78 is 0. The third-order valence-electron chi connectivity index (χ3n) is 1.98. The first-order valence-corrected chi connectivity index (χ1v) is 5.77. The lowest BCUT2D eigenvalue weighted by molar-refractivity contribution is -0.207. The molecule has 0 spiro atoms. The Labute approximate surface area is 102 Å². The van der Waals surface area contributed by atoms with Gasteiger partial charge in [-0.1, -0.05) is 44.4 Å². The quantitative estimate of drug-likeness (QED) is 0.344. The van der Waals surface area contributed by atoms with Gasteiger partial charge in [-0.2, -0.15) is 4.89 Å². The fourth-order valence-electron chi connectivity index (χ4n) is 1.17. The number of carbonyl (C=O) groups is 1. The molecule has 0 heterocycles. The van der Waals surface area contributed by atoms with Crippen LogP contribution in [-0.4, -0.2) is 18.2 Å². The zero-order chi connectivity index (χ0) is 12.8. The molecule has 1 rings (SSSR count). The SMILES string of the molecule is CCCCCCOOc1ccccc1.O=CO. The molecule has 0 aliphatic carbocycles. The third-order valence-corrected chi connectivity index (χ3v) is 1.98. The van der Waals surface area contributed by atoms with Gasteiger partial charge < -0.3 is 9.99 Å². The van der Waals surface area contributed by atoms with Crippen molar-refractivity contribution in [2.75, 3.05) is 6.61 Å². The van der Waals surface area contributed by atoms with Gasteiger partial charge in [0.25, 0.3) is 6.47 Å². The lowest BCUT2D eigenvalue weighted by atomic mass is 10.2. The summed E-state index contributed by atoms with van der Waals surface area (Å²) in [6.07, 6.45) is 4.81. The second-order valence-electron chi connectivity index (χ2n) is 3.38. The van der Waals surface area contributed by atoms with Crippen LogP contribution in [0, 0.1) is 0 Å². The predicted octanol–water partition coefficient (Wildman–Crippen LogP) is 3.28. The molecular weight excluding hydrogens is 220 g/mol. The molecule has 4 nitrogen and oxygen atoms in total. The van der Waals surface area contributed by atoms with Crippen LogP contribution in [0.15, 0.2) is 30.3 Å². The van der Waals surface area contributed by atoms with Gasteiger partial charge in [0.05, 0.1) is 6.61 Å². The van der Waals surface area contributed by atoms with Gasteiger partial charge in [-0.15, -0.1) is 0 Å². The summed E-state index contributed by atoms with van der Waals surface area (Å²) in [5, 5.41) is 6.89. The average molecular weight is 240 g/mol. The van der Waals surface area contributed by atoms with Gasteiger partial charge >= 0.3 is 0 Å². The van der Waals surface area contributed by atoms with Crippen LogP contribution >= 0.6 is 0 Å². The number of para-hydroxylation sites is 1. The van der Waals surface area contributed by atoms with E-state index in [2.05, 4.69) is 6.92 Å². The first-order valence-electron chi connectivity index (χ1n) is 5.77. The number of hydrogen-bond acceptors (Lipinski definition) is 3. The second kappa shape index (κ2) is 12.5. The Balaban J connectivity index is 0.000000770. The minimum atomic E-state index is -0.250. The highest BCUT2D eigenvalue weighted by Crippen LogP contribution is 2.08. The fraction of sp³-hybridized carbons (Fsp3) is 0.462. The Morgan fingerprint density at radius 1 is 1.18 bits per heavy atom. The minimum Gasteiger partial charge on any atom is -0.483 e. The van der Waals surface area contributed by atoms with Crippen molar-refractivity contribution in [2.45, 2.75) is 32.6 Å². The normalized spacial score (nSPS) is 9.00. The Kier molecular flexibility index (Phi) is 11.4. The monoisotopic (exact) mass is 240 g/mol. The lowest BCUT2D eigenvalue weighted by Gasteiger charge is -2.03. The molecule has 0 amide bonds. The van der Waals surface area contributed by atoms with Crippen LogP contribution in [-0.2, 0) is 9.68 Å². The summed E-state index contributed by atoms with van der Waals surface area (Å²) in [5.41, 5.74) is 0. The number of benzene rings is 1. The van der Waals surface area contributed by atoms with Crippen LogP contribution < -0.4 is 4.89 Å². The number of unbranched alkanes of at least 4 members (excludes halogenated alkanes) is 3. The standard InChI is InChI=1S/C12H18O2.CH2O2/c1-2-3-4-8-11-13-14-12-9-6-5-7-10-12;2-1-3/h5-7,9-10H,2-4,8,11H2,1H3;1H,(H,2,3). The highest BCUT2D eigenvalue weighted by Gasteiger charge is 1.92. The van der Waals surface area contributed by atoms with Gasteiger partial charge in [-0.05, 0) is 18.6 Å². The molecule has 1 aromatic rings. The smallest absolute Gasteiger partial charge is 0.290 e. The van der Waals surface area contributed by atoms with Crippen LogP contribution in [0.25, 0.3) is 0 Å². The van der Waals surface area contributed by atoms with E-state index in [1.165, 1.54) is 19.3 Å². The van der Waals surface area contributed by atoms with Crippen molar-refractivity contribution < 1.29 is 19.7 Å². The molecule has 1 N–H and O–H groups in total. The van der Waals surface area contributed by atoms with Crippen LogP contribution in [0.2, 0.25) is 0 Å². The van der Waals surface area contributed by atoms with Gasteiger partial charge in [-0.25, -0.2) is 0 Å². The van der Waals surface area contributed by atoms with Crippen molar-refractivity contribution in [1.82, 2.24) is 0 Å². The maximum Gasteiger partial charge on any atom is 0.290 e. The highest BCUT2D eigenvalue weighted by molar-refractivity contribution is 5.32. The van der Waals surface area contributed by atoms with E-state index in [0.29, 0.717) is 6.61 Å². The fourth-order valence-corrected chi connectivity index (χ4v) is 1.17. The van der Waals surface area contributed by atoms with Gasteiger partial charge in [-0.3, -0.25) is 4.79 Å². The molecule has 1 aromatic carbocycles. The maximum absolute atomic E-state index is 8.36. The largest absolute Gasteiger partial charge is 0.483 e. The van der Waals surface area contributed by atoms with Crippen molar-refractivity contribution in [3.8, 4) is 5.75 Å². The molecule has 4 heteroatoms. The molecule has 0 saturated heterocycles. The maximum atomic E-state index is 8.36. The predicted molar refractivity (Wildman–Crippen MR) is 65.9 cm³/mol. The van der Waals surface area contributed by atoms with Crippen LogP contribution in [0.4, 0.5) is 0 Å². The van der Waals surface area contributed by atoms with E-state index in [-0.39, 0.29) is 6.47 Å². The van der Waals surface area contributed by atoms with E-state index >= 15 is 0 Å². The van der Waals surface area contributed by atoms with Gasteiger partial charge in [0, 0.05) is 0 Å². The van der Waals surface area contributed by atoms with E-state index in [1.54, 1.807) is 0 Å². The number of hydrogen-bond donors (Lipinski definition) is 1. The van der Waals surface area contributed by atoms with Gasteiger partial charge in [0.1, 0.15) is 0 Å². The topological polar surface area (TPSA) is 55.8 Å². The van der Waals surface area contributed by atoms with E-state index in [9.17, 15) is 0 Å². The molecule has 96 valence electrons. The van der Waals surface area contributed by atoms with E-state index in [4.69, 9.17) is 19.7 Å². The Morgan fingerprint density at radius 2 is 1.82 bits per heavy atom. The van der Waals surface area contributed by atoms with Gasteiger partial charge in [0.2, 0.25) is 0 Å². The first-order chi connectivity index (χ1) is 8.35. The average Bonchev–Trinajstić information content (AvgIpc) is 2.36. The molecular formula is C13H20O4. The van der Waals surface area contributed by atoms with E-state index in [0.717, 1.165) is 12.2 Å². The second-order valence-corrected chi connectivity index (χ2v) is 3.38. The molecule has 0 aromatic heterocycles. The molecule has 0 bridgehead atoms. The van der Waals surface area contributed by atoms with Crippen LogP contribution in [0.1, 0.15) is 32.6 Å². The van der Waals surface area contributed by atoms with Crippen LogP contribution in [0.5, 0.6) is 5.75 Å². The number of carboxylic acid groups (broad SMARTS) is 1. The summed E-state index contributed by atoms with van der Waals surface area (Å²) in [4.78, 5) is 18.5. The molecule has 0 radical (unpaired) electrons. The van der Waals surface area contributed by atoms with E-state index < -0.39 is 0 Å². The summed E-state index contributed by atoms with van der Waals surface area (Å²) in [5.74, 6) is 0.767. The van der Waals surface area contributed by atoms with Crippen molar-refractivity contribution in [2.24, 2.45) is 0 Å². The van der Waals surface area contributed by atoms with Gasteiger partial charge in [0.15, 0.2) is 5.75 Å². The van der Waals surface area contributed by atoms with Crippen molar-refractivity contribution >= 4 is 6.47 Å². The molecule has 0 saturated carbocycles. The molecule has 0 aliphatic heterocycles. The van der Waals surface area contributed by atoms with Crippen molar-refractivity contribution in [3.05, 3.63) is 30.3 Å². The Hall–Kier alpha value is -1.55. The number of rotatable bonds is 7. The minimum absolute atomic E-state index is 0.250. The molecule has 0 unspecified atom stereocenters. The molecule has 0 atom stereocenters. The summed E-state index contributed by atoms with van der Waals surface area (Å²) in [7, 11) is 0. The Morgan fingerprint density at radius 3 is 2.41 bits per heavy atom. The lowest BCUT2D eigenvalue weighted by Crippen LogP contribution is -1.99.